The first-order valence-electron chi connectivity index (χ1n) is 6.44. The highest BCUT2D eigenvalue weighted by molar-refractivity contribution is 5.61. The molecule has 2 rings (SSSR count). The molecule has 0 saturated carbocycles. The van der Waals surface area contributed by atoms with Crippen molar-refractivity contribution in [3.05, 3.63) is 46.1 Å². The SMILES string of the molecule is CCCNc1cc(C)nc(-c2cccc([N+](=O)[O-])c2)n1. The lowest BCUT2D eigenvalue weighted by atomic mass is 10.2. The van der Waals surface area contributed by atoms with Gasteiger partial charge >= 0.3 is 0 Å². The van der Waals surface area contributed by atoms with Crippen LogP contribution in [0.1, 0.15) is 19.0 Å². The highest BCUT2D eigenvalue weighted by Crippen LogP contribution is 2.22. The van der Waals surface area contributed by atoms with E-state index in [4.69, 9.17) is 0 Å². The Morgan fingerprint density at radius 3 is 2.80 bits per heavy atom. The van der Waals surface area contributed by atoms with Gasteiger partial charge in [0.15, 0.2) is 5.82 Å². The summed E-state index contributed by atoms with van der Waals surface area (Å²) in [5.74, 6) is 1.23. The van der Waals surface area contributed by atoms with Crippen molar-refractivity contribution in [2.45, 2.75) is 20.3 Å². The van der Waals surface area contributed by atoms with Crippen molar-refractivity contribution in [3.8, 4) is 11.4 Å². The molecule has 6 nitrogen and oxygen atoms in total. The van der Waals surface area contributed by atoms with E-state index in [1.807, 2.05) is 13.0 Å². The number of nitrogens with zero attached hydrogens (tertiary/aromatic N) is 3. The summed E-state index contributed by atoms with van der Waals surface area (Å²) in [5.41, 5.74) is 1.50. The Bertz CT molecular complexity index is 628. The zero-order valence-corrected chi connectivity index (χ0v) is 11.5. The molecule has 20 heavy (non-hydrogen) atoms. The fraction of sp³-hybridized carbons (Fsp3) is 0.286. The first kappa shape index (κ1) is 13.9. The molecule has 0 aliphatic rings. The van der Waals surface area contributed by atoms with Gasteiger partial charge in [0.05, 0.1) is 4.92 Å². The summed E-state index contributed by atoms with van der Waals surface area (Å²) in [4.78, 5) is 19.1. The summed E-state index contributed by atoms with van der Waals surface area (Å²) in [7, 11) is 0. The van der Waals surface area contributed by atoms with Gasteiger partial charge in [0.2, 0.25) is 0 Å². The standard InChI is InChI=1S/C14H16N4O2/c1-3-7-15-13-8-10(2)16-14(17-13)11-5-4-6-12(9-11)18(19)20/h4-6,8-9H,3,7H2,1-2H3,(H,15,16,17). The average Bonchev–Trinajstić information content (AvgIpc) is 2.44. The fourth-order valence-corrected chi connectivity index (χ4v) is 1.80. The van der Waals surface area contributed by atoms with E-state index in [2.05, 4.69) is 22.2 Å². The van der Waals surface area contributed by atoms with Gasteiger partial charge in [-0.05, 0) is 13.3 Å². The Morgan fingerprint density at radius 2 is 2.10 bits per heavy atom. The van der Waals surface area contributed by atoms with Crippen molar-refractivity contribution in [2.24, 2.45) is 0 Å². The molecule has 0 atom stereocenters. The molecule has 0 saturated heterocycles. The third-order valence-corrected chi connectivity index (χ3v) is 2.73. The van der Waals surface area contributed by atoms with E-state index >= 15 is 0 Å². The van der Waals surface area contributed by atoms with Gasteiger partial charge in [-0.3, -0.25) is 10.1 Å². The zero-order chi connectivity index (χ0) is 14.5. The predicted molar refractivity (Wildman–Crippen MR) is 77.6 cm³/mol. The molecular formula is C14H16N4O2. The summed E-state index contributed by atoms with van der Waals surface area (Å²) in [6.07, 6.45) is 0.995. The first-order chi connectivity index (χ1) is 9.60. The van der Waals surface area contributed by atoms with Gasteiger partial charge in [0.25, 0.3) is 5.69 Å². The van der Waals surface area contributed by atoms with Crippen molar-refractivity contribution < 1.29 is 4.92 Å². The number of hydrogen-bond acceptors (Lipinski definition) is 5. The van der Waals surface area contributed by atoms with E-state index < -0.39 is 4.92 Å². The van der Waals surface area contributed by atoms with Crippen LogP contribution in [0.15, 0.2) is 30.3 Å². The smallest absolute Gasteiger partial charge is 0.270 e. The van der Waals surface area contributed by atoms with Gasteiger partial charge in [-0.1, -0.05) is 19.1 Å². The highest BCUT2D eigenvalue weighted by Gasteiger charge is 2.10. The fourth-order valence-electron chi connectivity index (χ4n) is 1.80. The highest BCUT2D eigenvalue weighted by atomic mass is 16.6. The molecule has 1 aromatic heterocycles. The number of non-ortho nitro benzene ring substituents is 1. The quantitative estimate of drug-likeness (QED) is 0.667. The second-order valence-electron chi connectivity index (χ2n) is 4.45. The number of rotatable bonds is 5. The molecule has 1 N–H and O–H groups in total. The molecule has 104 valence electrons. The number of benzene rings is 1. The second-order valence-corrected chi connectivity index (χ2v) is 4.45. The Morgan fingerprint density at radius 1 is 1.30 bits per heavy atom. The molecule has 0 unspecified atom stereocenters. The first-order valence-corrected chi connectivity index (χ1v) is 6.44. The number of anilines is 1. The van der Waals surface area contributed by atoms with Crippen molar-refractivity contribution in [1.82, 2.24) is 9.97 Å². The molecule has 6 heteroatoms. The Kier molecular flexibility index (Phi) is 4.24. The molecule has 1 aromatic carbocycles. The lowest BCUT2D eigenvalue weighted by Gasteiger charge is -2.07. The third kappa shape index (κ3) is 3.28. The monoisotopic (exact) mass is 272 g/mol. The van der Waals surface area contributed by atoms with Crippen LogP contribution in [0.5, 0.6) is 0 Å². The molecule has 0 aliphatic heterocycles. The summed E-state index contributed by atoms with van der Waals surface area (Å²) in [5, 5.41) is 14.0. The van der Waals surface area contributed by atoms with E-state index in [1.165, 1.54) is 12.1 Å². The van der Waals surface area contributed by atoms with Crippen LogP contribution in [-0.2, 0) is 0 Å². The summed E-state index contributed by atoms with van der Waals surface area (Å²) >= 11 is 0. The number of nitro benzene ring substituents is 1. The van der Waals surface area contributed by atoms with Crippen LogP contribution < -0.4 is 5.32 Å². The number of hydrogen-bond donors (Lipinski definition) is 1. The molecule has 0 fully saturated rings. The minimum atomic E-state index is -0.421. The van der Waals surface area contributed by atoms with Crippen LogP contribution in [0.2, 0.25) is 0 Å². The number of nitrogens with one attached hydrogen (secondary N) is 1. The lowest BCUT2D eigenvalue weighted by molar-refractivity contribution is -0.384. The third-order valence-electron chi connectivity index (χ3n) is 2.73. The Hall–Kier alpha value is -2.50. The molecule has 0 aliphatic carbocycles. The Labute approximate surface area is 117 Å². The van der Waals surface area contributed by atoms with Gasteiger partial charge in [-0.15, -0.1) is 0 Å². The van der Waals surface area contributed by atoms with E-state index in [0.717, 1.165) is 24.5 Å². The molecule has 0 spiro atoms. The van der Waals surface area contributed by atoms with Gasteiger partial charge in [0.1, 0.15) is 5.82 Å². The maximum Gasteiger partial charge on any atom is 0.270 e. The molecular weight excluding hydrogens is 256 g/mol. The van der Waals surface area contributed by atoms with Crippen LogP contribution in [0.4, 0.5) is 11.5 Å². The summed E-state index contributed by atoms with van der Waals surface area (Å²) in [6, 6.07) is 8.20. The maximum atomic E-state index is 10.8. The van der Waals surface area contributed by atoms with Crippen molar-refractivity contribution in [1.29, 1.82) is 0 Å². The second kappa shape index (κ2) is 6.10. The van der Waals surface area contributed by atoms with Gasteiger partial charge in [-0.2, -0.15) is 0 Å². The van der Waals surface area contributed by atoms with Crippen LogP contribution in [-0.4, -0.2) is 21.4 Å². The minimum absolute atomic E-state index is 0.0377. The van der Waals surface area contributed by atoms with Gasteiger partial charge < -0.3 is 5.32 Å². The van der Waals surface area contributed by atoms with Crippen LogP contribution in [0.3, 0.4) is 0 Å². The van der Waals surface area contributed by atoms with Gasteiger partial charge in [0, 0.05) is 36.0 Å². The van der Waals surface area contributed by atoms with E-state index in [-0.39, 0.29) is 5.69 Å². The normalized spacial score (nSPS) is 10.3. The number of aryl methyl sites for hydroxylation is 1. The van der Waals surface area contributed by atoms with Crippen molar-refractivity contribution in [3.63, 3.8) is 0 Å². The van der Waals surface area contributed by atoms with E-state index in [1.54, 1.807) is 12.1 Å². The number of nitro groups is 1. The van der Waals surface area contributed by atoms with Crippen molar-refractivity contribution in [2.75, 3.05) is 11.9 Å². The van der Waals surface area contributed by atoms with E-state index in [9.17, 15) is 10.1 Å². The maximum absolute atomic E-state index is 10.8. The van der Waals surface area contributed by atoms with Gasteiger partial charge in [-0.25, -0.2) is 9.97 Å². The van der Waals surface area contributed by atoms with E-state index in [0.29, 0.717) is 11.4 Å². The number of aromatic nitrogens is 2. The minimum Gasteiger partial charge on any atom is -0.370 e. The molecule has 2 aromatic rings. The lowest BCUT2D eigenvalue weighted by Crippen LogP contribution is -2.04. The molecule has 1 heterocycles. The Balaban J connectivity index is 2.38. The van der Waals surface area contributed by atoms with Crippen LogP contribution in [0.25, 0.3) is 11.4 Å². The zero-order valence-electron chi connectivity index (χ0n) is 11.5. The predicted octanol–water partition coefficient (Wildman–Crippen LogP) is 3.18. The van der Waals surface area contributed by atoms with Crippen molar-refractivity contribution >= 4 is 11.5 Å². The van der Waals surface area contributed by atoms with Crippen LogP contribution in [0, 0.1) is 17.0 Å². The molecule has 0 bridgehead atoms. The largest absolute Gasteiger partial charge is 0.370 e. The average molecular weight is 272 g/mol. The van der Waals surface area contributed by atoms with Crippen LogP contribution >= 0.6 is 0 Å². The summed E-state index contributed by atoms with van der Waals surface area (Å²) < 4.78 is 0. The topological polar surface area (TPSA) is 81.0 Å². The summed E-state index contributed by atoms with van der Waals surface area (Å²) in [6.45, 7) is 4.77. The molecule has 0 amide bonds. The molecule has 0 radical (unpaired) electrons.